The zero-order valence-electron chi connectivity index (χ0n) is 11.6. The van der Waals surface area contributed by atoms with Gasteiger partial charge in [0.15, 0.2) is 0 Å². The molecule has 1 N–H and O–H groups in total. The molecule has 0 radical (unpaired) electrons. The van der Waals surface area contributed by atoms with Crippen LogP contribution in [0.5, 0.6) is 0 Å². The van der Waals surface area contributed by atoms with Crippen molar-refractivity contribution in [2.45, 2.75) is 51.3 Å². The van der Waals surface area contributed by atoms with E-state index in [9.17, 15) is 4.79 Å². The Morgan fingerprint density at radius 2 is 2.42 bits per heavy atom. The molecule has 0 aromatic carbocycles. The third-order valence-corrected chi connectivity index (χ3v) is 5.24. The van der Waals surface area contributed by atoms with Crippen molar-refractivity contribution in [2.24, 2.45) is 5.92 Å². The summed E-state index contributed by atoms with van der Waals surface area (Å²) in [5.41, 5.74) is 1.09. The Bertz CT molecular complexity index is 419. The molecule has 1 aromatic heterocycles. The van der Waals surface area contributed by atoms with Gasteiger partial charge in [-0.3, -0.25) is 4.79 Å². The quantitative estimate of drug-likeness (QED) is 0.906. The Morgan fingerprint density at radius 1 is 1.58 bits per heavy atom. The van der Waals surface area contributed by atoms with Gasteiger partial charge in [0, 0.05) is 17.2 Å². The molecule has 1 aliphatic carbocycles. The zero-order valence-corrected chi connectivity index (χ0v) is 13.3. The van der Waals surface area contributed by atoms with Gasteiger partial charge in [-0.1, -0.05) is 19.8 Å². The normalized spacial score (nSPS) is 23.3. The van der Waals surface area contributed by atoms with Crippen LogP contribution in [0.1, 0.15) is 43.3 Å². The number of nitrogens with one attached hydrogen (secondary N) is 1. The van der Waals surface area contributed by atoms with E-state index in [2.05, 4.69) is 22.6 Å². The number of aromatic nitrogens is 1. The van der Waals surface area contributed by atoms with Crippen molar-refractivity contribution in [1.29, 1.82) is 0 Å². The molecule has 19 heavy (non-hydrogen) atoms. The van der Waals surface area contributed by atoms with E-state index in [1.165, 1.54) is 12.8 Å². The molecule has 0 bridgehead atoms. The third kappa shape index (κ3) is 5.15. The summed E-state index contributed by atoms with van der Waals surface area (Å²) >= 11 is 3.32. The minimum Gasteiger partial charge on any atom is -0.353 e. The number of hydrogen-bond donors (Lipinski definition) is 1. The average Bonchev–Trinajstić information content (AvgIpc) is 2.75. The second-order valence-corrected chi connectivity index (χ2v) is 7.43. The number of aryl methyl sites for hydroxylation is 1. The minimum atomic E-state index is 0.177. The topological polar surface area (TPSA) is 42.0 Å². The molecule has 1 fully saturated rings. The van der Waals surface area contributed by atoms with E-state index in [0.717, 1.165) is 35.2 Å². The number of carbonyl (C=O) groups excluding carboxylic acids is 1. The fourth-order valence-corrected chi connectivity index (χ4v) is 4.00. The zero-order chi connectivity index (χ0) is 13.7. The van der Waals surface area contributed by atoms with Crippen LogP contribution in [0.15, 0.2) is 5.38 Å². The molecule has 1 aliphatic rings. The van der Waals surface area contributed by atoms with Crippen molar-refractivity contribution in [3.8, 4) is 0 Å². The molecular formula is C14H22N2OS2. The van der Waals surface area contributed by atoms with Crippen molar-refractivity contribution in [3.05, 3.63) is 16.1 Å². The van der Waals surface area contributed by atoms with Crippen molar-refractivity contribution < 1.29 is 4.79 Å². The molecule has 5 heteroatoms. The Kier molecular flexibility index (Phi) is 5.70. The molecule has 1 amide bonds. The van der Waals surface area contributed by atoms with Crippen molar-refractivity contribution >= 4 is 29.0 Å². The van der Waals surface area contributed by atoms with Crippen LogP contribution in [0.4, 0.5) is 0 Å². The van der Waals surface area contributed by atoms with Crippen LogP contribution in [-0.4, -0.2) is 22.7 Å². The van der Waals surface area contributed by atoms with E-state index < -0.39 is 0 Å². The number of nitrogens with zero attached hydrogens (tertiary/aromatic N) is 1. The monoisotopic (exact) mass is 298 g/mol. The Balaban J connectivity index is 1.64. The number of hydrogen-bond acceptors (Lipinski definition) is 4. The van der Waals surface area contributed by atoms with E-state index in [1.807, 2.05) is 6.92 Å². The summed E-state index contributed by atoms with van der Waals surface area (Å²) < 4.78 is 0. The first-order valence-corrected chi connectivity index (χ1v) is 8.95. The molecule has 2 atom stereocenters. The number of amides is 1. The lowest BCUT2D eigenvalue weighted by Gasteiger charge is -2.27. The SMILES string of the molecule is Cc1nc(CSCC(=O)N[C@@H]2CCC[C@@H](C)C2)cs1. The number of thioether (sulfide) groups is 1. The van der Waals surface area contributed by atoms with Crippen molar-refractivity contribution in [1.82, 2.24) is 10.3 Å². The summed E-state index contributed by atoms with van der Waals surface area (Å²) in [5.74, 6) is 2.31. The Hall–Kier alpha value is -0.550. The molecule has 1 saturated carbocycles. The van der Waals surface area contributed by atoms with Gasteiger partial charge in [0.25, 0.3) is 0 Å². The summed E-state index contributed by atoms with van der Waals surface area (Å²) in [5, 5.41) is 6.33. The van der Waals surface area contributed by atoms with Gasteiger partial charge in [0.1, 0.15) is 0 Å². The van der Waals surface area contributed by atoms with Gasteiger partial charge in [-0.15, -0.1) is 23.1 Å². The van der Waals surface area contributed by atoms with E-state index >= 15 is 0 Å². The summed E-state index contributed by atoms with van der Waals surface area (Å²) in [4.78, 5) is 16.3. The largest absolute Gasteiger partial charge is 0.353 e. The van der Waals surface area contributed by atoms with Gasteiger partial charge in [-0.25, -0.2) is 4.98 Å². The van der Waals surface area contributed by atoms with E-state index in [0.29, 0.717) is 11.8 Å². The second kappa shape index (κ2) is 7.29. The number of thiazole rings is 1. The maximum atomic E-state index is 11.9. The molecule has 106 valence electrons. The lowest BCUT2D eigenvalue weighted by atomic mass is 9.87. The van der Waals surface area contributed by atoms with Crippen molar-refractivity contribution in [2.75, 3.05) is 5.75 Å². The fraction of sp³-hybridized carbons (Fsp3) is 0.714. The molecule has 0 aliphatic heterocycles. The minimum absolute atomic E-state index is 0.177. The Labute approximate surface area is 123 Å². The van der Waals surface area contributed by atoms with Crippen molar-refractivity contribution in [3.63, 3.8) is 0 Å². The van der Waals surface area contributed by atoms with E-state index in [1.54, 1.807) is 23.1 Å². The highest BCUT2D eigenvalue weighted by Crippen LogP contribution is 2.23. The summed E-state index contributed by atoms with van der Waals surface area (Å²) in [6.07, 6.45) is 4.84. The summed E-state index contributed by atoms with van der Waals surface area (Å²) in [6, 6.07) is 0.401. The van der Waals surface area contributed by atoms with Gasteiger partial charge in [-0.05, 0) is 25.7 Å². The second-order valence-electron chi connectivity index (χ2n) is 5.39. The maximum Gasteiger partial charge on any atom is 0.230 e. The highest BCUT2D eigenvalue weighted by Gasteiger charge is 2.20. The van der Waals surface area contributed by atoms with Crippen LogP contribution in [-0.2, 0) is 10.5 Å². The predicted octanol–water partition coefficient (Wildman–Crippen LogP) is 3.38. The maximum absolute atomic E-state index is 11.9. The van der Waals surface area contributed by atoms with Gasteiger partial charge >= 0.3 is 0 Å². The molecular weight excluding hydrogens is 276 g/mol. The summed E-state index contributed by atoms with van der Waals surface area (Å²) in [7, 11) is 0. The van der Waals surface area contributed by atoms with Gasteiger partial charge in [-0.2, -0.15) is 0 Å². The van der Waals surface area contributed by atoms with Crippen LogP contribution < -0.4 is 5.32 Å². The molecule has 2 rings (SSSR count). The van der Waals surface area contributed by atoms with Gasteiger partial charge in [0.05, 0.1) is 16.5 Å². The van der Waals surface area contributed by atoms with E-state index in [-0.39, 0.29) is 5.91 Å². The third-order valence-electron chi connectivity index (χ3n) is 3.45. The molecule has 0 saturated heterocycles. The van der Waals surface area contributed by atoms with Crippen LogP contribution in [0.3, 0.4) is 0 Å². The lowest BCUT2D eigenvalue weighted by Crippen LogP contribution is -2.38. The molecule has 0 spiro atoms. The fourth-order valence-electron chi connectivity index (χ4n) is 2.56. The van der Waals surface area contributed by atoms with Gasteiger partial charge in [0.2, 0.25) is 5.91 Å². The first-order valence-electron chi connectivity index (χ1n) is 6.91. The first kappa shape index (κ1) is 14.9. The molecule has 1 heterocycles. The number of rotatable bonds is 5. The van der Waals surface area contributed by atoms with Crippen LogP contribution in [0.25, 0.3) is 0 Å². The average molecular weight is 298 g/mol. The van der Waals surface area contributed by atoms with Crippen LogP contribution >= 0.6 is 23.1 Å². The van der Waals surface area contributed by atoms with E-state index in [4.69, 9.17) is 0 Å². The molecule has 1 aromatic rings. The van der Waals surface area contributed by atoms with Crippen LogP contribution in [0, 0.1) is 12.8 Å². The first-order chi connectivity index (χ1) is 9.13. The smallest absolute Gasteiger partial charge is 0.230 e. The molecule has 3 nitrogen and oxygen atoms in total. The highest BCUT2D eigenvalue weighted by molar-refractivity contribution is 7.99. The van der Waals surface area contributed by atoms with Crippen LogP contribution in [0.2, 0.25) is 0 Å². The summed E-state index contributed by atoms with van der Waals surface area (Å²) in [6.45, 7) is 4.29. The highest BCUT2D eigenvalue weighted by atomic mass is 32.2. The molecule has 0 unspecified atom stereocenters. The lowest BCUT2D eigenvalue weighted by molar-refractivity contribution is -0.119. The van der Waals surface area contributed by atoms with Gasteiger partial charge < -0.3 is 5.32 Å². The Morgan fingerprint density at radius 3 is 3.11 bits per heavy atom. The predicted molar refractivity (Wildman–Crippen MR) is 82.6 cm³/mol. The standard InChI is InChI=1S/C14H22N2OS2/c1-10-4-3-5-12(6-10)16-14(17)9-18-7-13-8-19-11(2)15-13/h8,10,12H,3-7,9H2,1-2H3,(H,16,17)/t10-,12-/m1/s1. The number of carbonyl (C=O) groups is 1.